The van der Waals surface area contributed by atoms with Crippen LogP contribution < -0.4 is 0 Å². The number of hydrogen-bond donors (Lipinski definition) is 0. The molecule has 2 atom stereocenters. The van der Waals surface area contributed by atoms with Crippen LogP contribution in [0.3, 0.4) is 0 Å². The second-order valence-electron chi connectivity index (χ2n) is 4.61. The Hall–Kier alpha value is 0.110. The Bertz CT molecular complexity index is 345. The first kappa shape index (κ1) is 12.6. The molecule has 0 radical (unpaired) electrons. The van der Waals surface area contributed by atoms with Gasteiger partial charge in [-0.05, 0) is 48.9 Å². The number of hydrogen-bond acceptors (Lipinski definition) is 0. The van der Waals surface area contributed by atoms with Gasteiger partial charge >= 0.3 is 0 Å². The molecule has 1 aromatic rings. The first-order valence-corrected chi connectivity index (χ1v) is 7.43. The van der Waals surface area contributed by atoms with Crippen molar-refractivity contribution in [2.45, 2.75) is 36.9 Å². The second-order valence-corrected chi connectivity index (χ2v) is 6.82. The minimum absolute atomic E-state index is 0.143. The molecule has 0 N–H and O–H groups in total. The summed E-state index contributed by atoms with van der Waals surface area (Å²) < 4.78 is 14.1. The van der Waals surface area contributed by atoms with E-state index in [1.807, 2.05) is 6.07 Å². The maximum Gasteiger partial charge on any atom is 0.124 e. The summed E-state index contributed by atoms with van der Waals surface area (Å²) in [6, 6.07) is 5.20. The van der Waals surface area contributed by atoms with Crippen LogP contribution in [-0.4, -0.2) is 4.83 Å². The minimum atomic E-state index is -0.143. The smallest absolute Gasteiger partial charge is 0.124 e. The molecule has 1 aliphatic carbocycles. The van der Waals surface area contributed by atoms with Gasteiger partial charge in [-0.15, -0.1) is 0 Å². The van der Waals surface area contributed by atoms with E-state index in [-0.39, 0.29) is 5.82 Å². The third kappa shape index (κ3) is 3.56. The zero-order chi connectivity index (χ0) is 11.5. The Kier molecular flexibility index (Phi) is 4.42. The minimum Gasteiger partial charge on any atom is -0.207 e. The van der Waals surface area contributed by atoms with Crippen molar-refractivity contribution in [1.29, 1.82) is 0 Å². The highest BCUT2D eigenvalue weighted by atomic mass is 79.9. The molecule has 0 heterocycles. The summed E-state index contributed by atoms with van der Waals surface area (Å²) in [7, 11) is 0. The highest BCUT2D eigenvalue weighted by molar-refractivity contribution is 9.10. The summed E-state index contributed by atoms with van der Waals surface area (Å²) >= 11 is 7.03. The maximum absolute atomic E-state index is 13.2. The molecular formula is C13H15Br2F. The van der Waals surface area contributed by atoms with Crippen molar-refractivity contribution in [3.8, 4) is 0 Å². The van der Waals surface area contributed by atoms with Gasteiger partial charge in [0.05, 0.1) is 0 Å². The van der Waals surface area contributed by atoms with Crippen molar-refractivity contribution in [1.82, 2.24) is 0 Å². The van der Waals surface area contributed by atoms with E-state index in [0.29, 0.717) is 10.7 Å². The molecule has 1 aliphatic rings. The fraction of sp³-hybridized carbons (Fsp3) is 0.538. The van der Waals surface area contributed by atoms with E-state index in [1.165, 1.54) is 31.7 Å². The van der Waals surface area contributed by atoms with Crippen molar-refractivity contribution in [3.05, 3.63) is 34.1 Å². The van der Waals surface area contributed by atoms with E-state index < -0.39 is 0 Å². The number of benzene rings is 1. The van der Waals surface area contributed by atoms with Gasteiger partial charge in [0.1, 0.15) is 5.82 Å². The largest absolute Gasteiger partial charge is 0.207 e. The van der Waals surface area contributed by atoms with Crippen LogP contribution >= 0.6 is 31.9 Å². The van der Waals surface area contributed by atoms with Crippen LogP contribution in [0.5, 0.6) is 0 Å². The van der Waals surface area contributed by atoms with Crippen LogP contribution in [0.4, 0.5) is 4.39 Å². The Labute approximate surface area is 113 Å². The molecule has 1 saturated carbocycles. The van der Waals surface area contributed by atoms with E-state index in [0.717, 1.165) is 16.5 Å². The van der Waals surface area contributed by atoms with Crippen molar-refractivity contribution in [2.75, 3.05) is 0 Å². The number of alkyl halides is 1. The van der Waals surface area contributed by atoms with Gasteiger partial charge in [0.25, 0.3) is 0 Å². The molecule has 0 amide bonds. The standard InChI is InChI=1S/C13H15Br2F/c14-11-3-1-2-9(5-11)4-10-6-12(15)8-13(16)7-10/h6-9,11H,1-5H2. The normalized spacial score (nSPS) is 25.7. The Morgan fingerprint density at radius 2 is 2.06 bits per heavy atom. The van der Waals surface area contributed by atoms with Crippen molar-refractivity contribution >= 4 is 31.9 Å². The molecule has 88 valence electrons. The molecule has 0 bridgehead atoms. The van der Waals surface area contributed by atoms with Crippen LogP contribution in [0.2, 0.25) is 0 Å². The average Bonchev–Trinajstić information content (AvgIpc) is 2.15. The first-order valence-electron chi connectivity index (χ1n) is 5.72. The summed E-state index contributed by atoms with van der Waals surface area (Å²) in [6.45, 7) is 0. The van der Waals surface area contributed by atoms with E-state index in [2.05, 4.69) is 31.9 Å². The molecule has 1 aromatic carbocycles. The van der Waals surface area contributed by atoms with E-state index in [1.54, 1.807) is 6.07 Å². The summed E-state index contributed by atoms with van der Waals surface area (Å²) in [5.41, 5.74) is 1.11. The van der Waals surface area contributed by atoms with Crippen molar-refractivity contribution in [2.24, 2.45) is 5.92 Å². The summed E-state index contributed by atoms with van der Waals surface area (Å²) in [5.74, 6) is 0.558. The van der Waals surface area contributed by atoms with Gasteiger partial charge in [-0.2, -0.15) is 0 Å². The highest BCUT2D eigenvalue weighted by Gasteiger charge is 2.20. The molecule has 3 heteroatoms. The molecule has 0 spiro atoms. The third-order valence-electron chi connectivity index (χ3n) is 3.17. The highest BCUT2D eigenvalue weighted by Crippen LogP contribution is 2.31. The summed E-state index contributed by atoms with van der Waals surface area (Å²) in [4.78, 5) is 0.656. The van der Waals surface area contributed by atoms with Gasteiger partial charge in [-0.3, -0.25) is 0 Å². The molecule has 0 saturated heterocycles. The SMILES string of the molecule is Fc1cc(Br)cc(CC2CCCC(Br)C2)c1. The van der Waals surface area contributed by atoms with Gasteiger partial charge in [-0.25, -0.2) is 4.39 Å². The predicted molar refractivity (Wildman–Crippen MR) is 72.5 cm³/mol. The lowest BCUT2D eigenvalue weighted by molar-refractivity contribution is 0.367. The Morgan fingerprint density at radius 3 is 2.75 bits per heavy atom. The van der Waals surface area contributed by atoms with Crippen molar-refractivity contribution < 1.29 is 4.39 Å². The fourth-order valence-electron chi connectivity index (χ4n) is 2.47. The molecule has 0 aromatic heterocycles. The zero-order valence-electron chi connectivity index (χ0n) is 9.06. The third-order valence-corrected chi connectivity index (χ3v) is 4.46. The van der Waals surface area contributed by atoms with E-state index in [4.69, 9.17) is 0 Å². The zero-order valence-corrected chi connectivity index (χ0v) is 12.2. The lowest BCUT2D eigenvalue weighted by Crippen LogP contribution is -2.17. The van der Waals surface area contributed by atoms with Gasteiger partial charge in [0.2, 0.25) is 0 Å². The van der Waals surface area contributed by atoms with E-state index >= 15 is 0 Å². The monoisotopic (exact) mass is 348 g/mol. The lowest BCUT2D eigenvalue weighted by Gasteiger charge is -2.25. The summed E-state index contributed by atoms with van der Waals surface area (Å²) in [5, 5.41) is 0. The van der Waals surface area contributed by atoms with Crippen LogP contribution in [0, 0.1) is 11.7 Å². The molecule has 2 rings (SSSR count). The van der Waals surface area contributed by atoms with Gasteiger partial charge in [-0.1, -0.05) is 44.7 Å². The fourth-order valence-corrected chi connectivity index (χ4v) is 3.84. The van der Waals surface area contributed by atoms with Gasteiger partial charge in [0, 0.05) is 9.30 Å². The lowest BCUT2D eigenvalue weighted by atomic mass is 9.85. The molecule has 0 aliphatic heterocycles. The second kappa shape index (κ2) is 5.63. The van der Waals surface area contributed by atoms with Crippen LogP contribution in [0.25, 0.3) is 0 Å². The van der Waals surface area contributed by atoms with E-state index in [9.17, 15) is 4.39 Å². The Balaban J connectivity index is 2.02. The maximum atomic E-state index is 13.2. The summed E-state index contributed by atoms with van der Waals surface area (Å²) in [6.07, 6.45) is 6.06. The average molecular weight is 350 g/mol. The van der Waals surface area contributed by atoms with Crippen LogP contribution in [0.15, 0.2) is 22.7 Å². The van der Waals surface area contributed by atoms with Gasteiger partial charge in [0.15, 0.2) is 0 Å². The van der Waals surface area contributed by atoms with Gasteiger partial charge < -0.3 is 0 Å². The van der Waals surface area contributed by atoms with Crippen LogP contribution in [-0.2, 0) is 6.42 Å². The molecule has 2 unspecified atom stereocenters. The quantitative estimate of drug-likeness (QED) is 0.653. The number of rotatable bonds is 2. The first-order chi connectivity index (χ1) is 7.63. The molecule has 1 fully saturated rings. The predicted octanol–water partition coefficient (Wildman–Crippen LogP) is 5.08. The van der Waals surface area contributed by atoms with Crippen LogP contribution in [0.1, 0.15) is 31.2 Å². The number of halogens is 3. The van der Waals surface area contributed by atoms with Crippen molar-refractivity contribution in [3.63, 3.8) is 0 Å². The molecule has 0 nitrogen and oxygen atoms in total. The molecular weight excluding hydrogens is 335 g/mol. The Morgan fingerprint density at radius 1 is 1.25 bits per heavy atom. The topological polar surface area (TPSA) is 0 Å². The molecule has 16 heavy (non-hydrogen) atoms.